The van der Waals surface area contributed by atoms with Gasteiger partial charge in [0.2, 0.25) is 5.91 Å². The van der Waals surface area contributed by atoms with Gasteiger partial charge in [0, 0.05) is 50.5 Å². The van der Waals surface area contributed by atoms with Crippen LogP contribution in [0.25, 0.3) is 5.65 Å². The van der Waals surface area contributed by atoms with Crippen molar-refractivity contribution in [1.29, 1.82) is 0 Å². The van der Waals surface area contributed by atoms with Crippen LogP contribution in [0.2, 0.25) is 5.02 Å². The third-order valence-corrected chi connectivity index (χ3v) is 4.38. The highest BCUT2D eigenvalue weighted by molar-refractivity contribution is 6.30. The van der Waals surface area contributed by atoms with E-state index in [1.54, 1.807) is 0 Å². The highest BCUT2D eigenvalue weighted by atomic mass is 35.5. The average Bonchev–Trinajstić information content (AvgIpc) is 2.87. The van der Waals surface area contributed by atoms with E-state index in [0.717, 1.165) is 44.1 Å². The van der Waals surface area contributed by atoms with Crippen molar-refractivity contribution in [2.24, 2.45) is 5.41 Å². The molecule has 1 amide bonds. The number of rotatable bonds is 2. The molecule has 1 aliphatic rings. The van der Waals surface area contributed by atoms with Gasteiger partial charge in [-0.05, 0) is 12.1 Å². The largest absolute Gasteiger partial charge is 0.340 e. The molecule has 0 aliphatic carbocycles. The van der Waals surface area contributed by atoms with Crippen molar-refractivity contribution >= 4 is 23.2 Å². The number of nitrogens with zero attached hydrogens (tertiary/aromatic N) is 4. The molecule has 0 N–H and O–H groups in total. The molecule has 1 fully saturated rings. The fourth-order valence-electron chi connectivity index (χ4n) is 2.91. The van der Waals surface area contributed by atoms with Gasteiger partial charge in [0.1, 0.15) is 5.65 Å². The summed E-state index contributed by atoms with van der Waals surface area (Å²) in [5, 5.41) is 0.704. The molecule has 0 unspecified atom stereocenters. The molecule has 0 aromatic carbocycles. The van der Waals surface area contributed by atoms with Crippen LogP contribution in [0, 0.1) is 5.41 Å². The summed E-state index contributed by atoms with van der Waals surface area (Å²) in [6.45, 7) is 10.1. The first-order valence-electron chi connectivity index (χ1n) is 7.98. The van der Waals surface area contributed by atoms with Gasteiger partial charge in [-0.25, -0.2) is 4.98 Å². The second-order valence-electron chi connectivity index (χ2n) is 7.16. The number of carbonyl (C=O) groups excluding carboxylic acids is 1. The first-order valence-corrected chi connectivity index (χ1v) is 8.35. The van der Waals surface area contributed by atoms with Crippen LogP contribution in [0.4, 0.5) is 0 Å². The molecular weight excluding hydrogens is 312 g/mol. The minimum absolute atomic E-state index is 0.236. The van der Waals surface area contributed by atoms with E-state index in [0.29, 0.717) is 5.02 Å². The average molecular weight is 335 g/mol. The van der Waals surface area contributed by atoms with Gasteiger partial charge < -0.3 is 9.30 Å². The number of piperazine rings is 1. The number of aromatic nitrogens is 2. The van der Waals surface area contributed by atoms with Crippen LogP contribution >= 0.6 is 11.6 Å². The maximum absolute atomic E-state index is 12.3. The Morgan fingerprint density at radius 2 is 1.87 bits per heavy atom. The van der Waals surface area contributed by atoms with E-state index in [4.69, 9.17) is 11.6 Å². The molecule has 3 heterocycles. The Morgan fingerprint density at radius 3 is 2.52 bits per heavy atom. The highest BCUT2D eigenvalue weighted by Gasteiger charge is 2.29. The van der Waals surface area contributed by atoms with Gasteiger partial charge in [0.25, 0.3) is 0 Å². The number of carbonyl (C=O) groups is 1. The highest BCUT2D eigenvalue weighted by Crippen LogP contribution is 2.19. The quantitative estimate of drug-likeness (QED) is 0.848. The van der Waals surface area contributed by atoms with E-state index in [-0.39, 0.29) is 11.3 Å². The first-order chi connectivity index (χ1) is 10.8. The van der Waals surface area contributed by atoms with E-state index in [1.807, 2.05) is 54.6 Å². The van der Waals surface area contributed by atoms with E-state index < -0.39 is 0 Å². The number of imidazole rings is 1. The Hall–Kier alpha value is -1.59. The number of hydrogen-bond donors (Lipinski definition) is 0. The Balaban J connectivity index is 1.61. The molecule has 1 saturated heterocycles. The van der Waals surface area contributed by atoms with Crippen LogP contribution in [-0.2, 0) is 11.3 Å². The molecule has 6 heteroatoms. The van der Waals surface area contributed by atoms with E-state index >= 15 is 0 Å². The lowest BCUT2D eigenvalue weighted by molar-refractivity contribution is -0.141. The van der Waals surface area contributed by atoms with Gasteiger partial charge in [-0.15, -0.1) is 0 Å². The Bertz CT molecular complexity index is 711. The molecule has 0 bridgehead atoms. The summed E-state index contributed by atoms with van der Waals surface area (Å²) in [5.41, 5.74) is 1.64. The van der Waals surface area contributed by atoms with Gasteiger partial charge >= 0.3 is 0 Å². The van der Waals surface area contributed by atoms with Crippen LogP contribution in [0.3, 0.4) is 0 Å². The predicted octanol–water partition coefficient (Wildman–Crippen LogP) is 2.68. The number of hydrogen-bond acceptors (Lipinski definition) is 3. The van der Waals surface area contributed by atoms with E-state index in [9.17, 15) is 4.79 Å². The summed E-state index contributed by atoms with van der Waals surface area (Å²) in [5.74, 6) is 0.236. The van der Waals surface area contributed by atoms with Gasteiger partial charge in [-0.1, -0.05) is 32.4 Å². The maximum Gasteiger partial charge on any atom is 0.228 e. The van der Waals surface area contributed by atoms with Crippen LogP contribution in [0.15, 0.2) is 24.5 Å². The van der Waals surface area contributed by atoms with Crippen molar-refractivity contribution in [1.82, 2.24) is 19.2 Å². The van der Waals surface area contributed by atoms with Gasteiger partial charge in [-0.3, -0.25) is 9.69 Å². The molecule has 0 atom stereocenters. The summed E-state index contributed by atoms with van der Waals surface area (Å²) in [6.07, 6.45) is 3.89. The lowest BCUT2D eigenvalue weighted by Gasteiger charge is -2.37. The molecule has 0 saturated carbocycles. The molecule has 2 aromatic rings. The number of amides is 1. The number of halogens is 1. The first kappa shape index (κ1) is 16.3. The van der Waals surface area contributed by atoms with Crippen LogP contribution in [0.1, 0.15) is 26.5 Å². The monoisotopic (exact) mass is 334 g/mol. The molecule has 1 aliphatic heterocycles. The van der Waals surface area contributed by atoms with Gasteiger partial charge in [0.15, 0.2) is 0 Å². The maximum atomic E-state index is 12.3. The van der Waals surface area contributed by atoms with Crippen molar-refractivity contribution in [3.05, 3.63) is 35.2 Å². The predicted molar refractivity (Wildman–Crippen MR) is 91.5 cm³/mol. The Morgan fingerprint density at radius 1 is 1.17 bits per heavy atom. The fraction of sp³-hybridized carbons (Fsp3) is 0.529. The zero-order valence-corrected chi connectivity index (χ0v) is 14.7. The standard InChI is InChI=1S/C17H23ClN4O/c1-17(2,3)16(23)21-8-6-20(7-9-21)11-14-12-22-10-13(18)4-5-15(22)19-14/h4-5,10,12H,6-9,11H2,1-3H3. The second-order valence-corrected chi connectivity index (χ2v) is 7.60. The van der Waals surface area contributed by atoms with Crippen LogP contribution in [0.5, 0.6) is 0 Å². The molecule has 0 spiro atoms. The summed E-state index contributed by atoms with van der Waals surface area (Å²) >= 11 is 6.01. The zero-order chi connectivity index (χ0) is 16.6. The third-order valence-electron chi connectivity index (χ3n) is 4.15. The van der Waals surface area contributed by atoms with Crippen molar-refractivity contribution in [2.45, 2.75) is 27.3 Å². The number of pyridine rings is 1. The lowest BCUT2D eigenvalue weighted by atomic mass is 9.94. The van der Waals surface area contributed by atoms with Gasteiger partial charge in [0.05, 0.1) is 10.7 Å². The van der Waals surface area contributed by atoms with E-state index in [2.05, 4.69) is 9.88 Å². The Kier molecular flexibility index (Phi) is 4.34. The fourth-order valence-corrected chi connectivity index (χ4v) is 3.07. The molecule has 3 rings (SSSR count). The lowest BCUT2D eigenvalue weighted by Crippen LogP contribution is -2.51. The molecule has 124 valence electrons. The summed E-state index contributed by atoms with van der Waals surface area (Å²) in [7, 11) is 0. The third kappa shape index (κ3) is 3.67. The van der Waals surface area contributed by atoms with Crippen molar-refractivity contribution < 1.29 is 4.79 Å². The van der Waals surface area contributed by atoms with Crippen molar-refractivity contribution in [3.63, 3.8) is 0 Å². The normalized spacial score (nSPS) is 17.0. The summed E-state index contributed by atoms with van der Waals surface area (Å²) in [4.78, 5) is 21.3. The van der Waals surface area contributed by atoms with Crippen molar-refractivity contribution in [2.75, 3.05) is 26.2 Å². The second kappa shape index (κ2) is 6.13. The topological polar surface area (TPSA) is 40.9 Å². The van der Waals surface area contributed by atoms with Gasteiger partial charge in [-0.2, -0.15) is 0 Å². The molecule has 5 nitrogen and oxygen atoms in total. The van der Waals surface area contributed by atoms with E-state index in [1.165, 1.54) is 0 Å². The van der Waals surface area contributed by atoms with Crippen molar-refractivity contribution in [3.8, 4) is 0 Å². The summed E-state index contributed by atoms with van der Waals surface area (Å²) < 4.78 is 1.96. The SMILES string of the molecule is CC(C)(C)C(=O)N1CCN(Cc2cn3cc(Cl)ccc3n2)CC1. The molecule has 0 radical (unpaired) electrons. The molecular formula is C17H23ClN4O. The summed E-state index contributed by atoms with van der Waals surface area (Å²) in [6, 6.07) is 3.77. The molecule has 23 heavy (non-hydrogen) atoms. The molecule has 2 aromatic heterocycles. The minimum Gasteiger partial charge on any atom is -0.340 e. The smallest absolute Gasteiger partial charge is 0.228 e. The minimum atomic E-state index is -0.303. The number of fused-ring (bicyclic) bond motifs is 1. The van der Waals surface area contributed by atoms with Crippen LogP contribution in [-0.4, -0.2) is 51.3 Å². The van der Waals surface area contributed by atoms with Crippen LogP contribution < -0.4 is 0 Å². The Labute approximate surface area is 141 Å². The zero-order valence-electron chi connectivity index (χ0n) is 13.9.